The van der Waals surface area contributed by atoms with Gasteiger partial charge < -0.3 is 15.4 Å². The van der Waals surface area contributed by atoms with Crippen molar-refractivity contribution in [1.82, 2.24) is 4.72 Å². The quantitative estimate of drug-likeness (QED) is 0.557. The Hall–Kier alpha value is -2.91. The van der Waals surface area contributed by atoms with E-state index >= 15 is 0 Å². The average molecular weight is 462 g/mol. The molecular formula is C23H31N3O5S. The minimum absolute atomic E-state index is 0.0479. The number of carbonyl (C=O) groups excluding carboxylic acids is 2. The van der Waals surface area contributed by atoms with E-state index in [1.165, 1.54) is 14.0 Å². The van der Waals surface area contributed by atoms with Crippen LogP contribution in [-0.4, -0.2) is 33.9 Å². The number of methoxy groups -OCH3 is 1. The molecular weight excluding hydrogens is 430 g/mol. The third kappa shape index (κ3) is 5.66. The number of hydrogen-bond donors (Lipinski definition) is 3. The van der Waals surface area contributed by atoms with Crippen molar-refractivity contribution < 1.29 is 22.7 Å². The van der Waals surface area contributed by atoms with Crippen LogP contribution in [0.3, 0.4) is 0 Å². The van der Waals surface area contributed by atoms with Crippen LogP contribution in [0.15, 0.2) is 23.1 Å². The van der Waals surface area contributed by atoms with Gasteiger partial charge in [0.15, 0.2) is 0 Å². The summed E-state index contributed by atoms with van der Waals surface area (Å²) >= 11 is 0. The Morgan fingerprint density at radius 3 is 2.00 bits per heavy atom. The highest BCUT2D eigenvalue weighted by Gasteiger charge is 2.23. The third-order valence-corrected chi connectivity index (χ3v) is 7.37. The number of ether oxygens (including phenoxy) is 1. The summed E-state index contributed by atoms with van der Waals surface area (Å²) in [7, 11) is -2.30. The van der Waals surface area contributed by atoms with Crippen LogP contribution in [-0.2, 0) is 19.6 Å². The van der Waals surface area contributed by atoms with Crippen molar-refractivity contribution in [3.8, 4) is 5.75 Å². The Morgan fingerprint density at radius 1 is 0.906 bits per heavy atom. The molecule has 174 valence electrons. The van der Waals surface area contributed by atoms with E-state index in [0.29, 0.717) is 28.3 Å². The van der Waals surface area contributed by atoms with Crippen LogP contribution >= 0.6 is 0 Å². The molecule has 8 nitrogen and oxygen atoms in total. The van der Waals surface area contributed by atoms with E-state index in [-0.39, 0.29) is 29.7 Å². The lowest BCUT2D eigenvalue weighted by atomic mass is 9.95. The largest absolute Gasteiger partial charge is 0.495 e. The second kappa shape index (κ2) is 10.1. The Morgan fingerprint density at radius 2 is 1.47 bits per heavy atom. The van der Waals surface area contributed by atoms with Crippen molar-refractivity contribution in [2.24, 2.45) is 0 Å². The monoisotopic (exact) mass is 461 g/mol. The fourth-order valence-electron chi connectivity index (χ4n) is 3.54. The summed E-state index contributed by atoms with van der Waals surface area (Å²) in [6, 6.07) is 4.83. The smallest absolute Gasteiger partial charge is 0.241 e. The Balaban J connectivity index is 2.08. The van der Waals surface area contributed by atoms with Crippen LogP contribution in [0.25, 0.3) is 0 Å². The lowest BCUT2D eigenvalue weighted by Crippen LogP contribution is -2.29. The Bertz CT molecular complexity index is 1130. The van der Waals surface area contributed by atoms with Gasteiger partial charge in [0.05, 0.1) is 17.7 Å². The van der Waals surface area contributed by atoms with Gasteiger partial charge in [0, 0.05) is 25.6 Å². The van der Waals surface area contributed by atoms with Crippen LogP contribution in [0.5, 0.6) is 5.75 Å². The molecule has 0 saturated heterocycles. The molecule has 0 atom stereocenters. The van der Waals surface area contributed by atoms with E-state index in [1.54, 1.807) is 32.0 Å². The molecule has 0 fully saturated rings. The van der Waals surface area contributed by atoms with Crippen LogP contribution in [0.2, 0.25) is 0 Å². The number of anilines is 2. The van der Waals surface area contributed by atoms with Gasteiger partial charge in [-0.1, -0.05) is 0 Å². The molecule has 0 aliphatic heterocycles. The number of benzene rings is 2. The van der Waals surface area contributed by atoms with E-state index < -0.39 is 10.0 Å². The fourth-order valence-corrected chi connectivity index (χ4v) is 5.16. The highest BCUT2D eigenvalue weighted by atomic mass is 32.2. The maximum atomic E-state index is 13.0. The summed E-state index contributed by atoms with van der Waals surface area (Å²) in [5.41, 5.74) is 5.28. The number of nitrogens with one attached hydrogen (secondary N) is 3. The number of carbonyl (C=O) groups is 2. The molecule has 0 aliphatic rings. The van der Waals surface area contributed by atoms with E-state index in [1.807, 2.05) is 20.8 Å². The zero-order valence-corrected chi connectivity index (χ0v) is 20.4. The van der Waals surface area contributed by atoms with Crippen molar-refractivity contribution in [3.63, 3.8) is 0 Å². The summed E-state index contributed by atoms with van der Waals surface area (Å²) in [5.74, 6) is -0.176. The summed E-state index contributed by atoms with van der Waals surface area (Å²) in [6.45, 7) is 10.7. The van der Waals surface area contributed by atoms with Gasteiger partial charge >= 0.3 is 0 Å². The summed E-state index contributed by atoms with van der Waals surface area (Å²) in [5, 5.41) is 5.34. The first-order chi connectivity index (χ1) is 14.9. The van der Waals surface area contributed by atoms with Gasteiger partial charge in [0.1, 0.15) is 5.75 Å². The van der Waals surface area contributed by atoms with Gasteiger partial charge in [-0.05, 0) is 80.6 Å². The number of sulfonamides is 1. The summed E-state index contributed by atoms with van der Waals surface area (Å²) in [4.78, 5) is 24.0. The predicted molar refractivity (Wildman–Crippen MR) is 126 cm³/mol. The predicted octanol–water partition coefficient (Wildman–Crippen LogP) is 3.50. The normalized spacial score (nSPS) is 11.2. The molecule has 0 heterocycles. The van der Waals surface area contributed by atoms with Gasteiger partial charge in [0.25, 0.3) is 0 Å². The van der Waals surface area contributed by atoms with Crippen molar-refractivity contribution in [3.05, 3.63) is 46.0 Å². The molecule has 32 heavy (non-hydrogen) atoms. The molecule has 0 aromatic heterocycles. The molecule has 9 heteroatoms. The molecule has 0 radical (unpaired) electrons. The highest BCUT2D eigenvalue weighted by molar-refractivity contribution is 7.89. The van der Waals surface area contributed by atoms with E-state index in [2.05, 4.69) is 15.4 Å². The van der Waals surface area contributed by atoms with E-state index in [9.17, 15) is 18.0 Å². The van der Waals surface area contributed by atoms with Crippen molar-refractivity contribution in [1.29, 1.82) is 0 Å². The van der Waals surface area contributed by atoms with Crippen molar-refractivity contribution in [2.75, 3.05) is 24.3 Å². The molecule has 2 aromatic rings. The average Bonchev–Trinajstić information content (AvgIpc) is 2.70. The Kier molecular flexibility index (Phi) is 8.03. The fraction of sp³-hybridized carbons (Fsp3) is 0.391. The Labute approximate surface area is 189 Å². The zero-order valence-electron chi connectivity index (χ0n) is 19.6. The second-order valence-electron chi connectivity index (χ2n) is 7.75. The first kappa shape index (κ1) is 25.4. The van der Waals surface area contributed by atoms with Gasteiger partial charge in [0.2, 0.25) is 21.8 Å². The molecule has 2 aromatic carbocycles. The molecule has 0 saturated carbocycles. The maximum Gasteiger partial charge on any atom is 0.241 e. The van der Waals surface area contributed by atoms with Gasteiger partial charge in [-0.2, -0.15) is 0 Å². The molecule has 0 unspecified atom stereocenters. The minimum Gasteiger partial charge on any atom is -0.495 e. The minimum atomic E-state index is -3.78. The molecule has 0 spiro atoms. The molecule has 2 amide bonds. The number of amides is 2. The second-order valence-corrected chi connectivity index (χ2v) is 9.45. The lowest BCUT2D eigenvalue weighted by Gasteiger charge is -2.19. The standard InChI is InChI=1S/C23H31N3O5S/c1-13-14(2)16(4)23(17(5)15(13)3)32(29,30)24-11-10-22(28)26-19-8-9-21(31-7)20(12-19)25-18(6)27/h8-9,12,24H,10-11H2,1-7H3,(H,25,27)(H,26,28). The van der Waals surface area contributed by atoms with Crippen LogP contribution < -0.4 is 20.1 Å². The van der Waals surface area contributed by atoms with E-state index in [4.69, 9.17) is 4.74 Å². The molecule has 0 aliphatic carbocycles. The van der Waals surface area contributed by atoms with E-state index in [0.717, 1.165) is 16.7 Å². The first-order valence-corrected chi connectivity index (χ1v) is 11.7. The van der Waals surface area contributed by atoms with Crippen LogP contribution in [0.1, 0.15) is 41.2 Å². The zero-order chi connectivity index (χ0) is 24.2. The van der Waals surface area contributed by atoms with Gasteiger partial charge in [-0.3, -0.25) is 9.59 Å². The van der Waals surface area contributed by atoms with Crippen LogP contribution in [0, 0.1) is 34.6 Å². The number of hydrogen-bond acceptors (Lipinski definition) is 5. The third-order valence-electron chi connectivity index (χ3n) is 5.64. The maximum absolute atomic E-state index is 13.0. The topological polar surface area (TPSA) is 114 Å². The number of rotatable bonds is 8. The van der Waals surface area contributed by atoms with Crippen LogP contribution in [0.4, 0.5) is 11.4 Å². The van der Waals surface area contributed by atoms with Crippen molar-refractivity contribution >= 4 is 33.2 Å². The van der Waals surface area contributed by atoms with Gasteiger partial charge in [-0.25, -0.2) is 13.1 Å². The van der Waals surface area contributed by atoms with Crippen molar-refractivity contribution in [2.45, 2.75) is 52.9 Å². The summed E-state index contributed by atoms with van der Waals surface area (Å²) < 4.78 is 33.6. The SMILES string of the molecule is COc1ccc(NC(=O)CCNS(=O)(=O)c2c(C)c(C)c(C)c(C)c2C)cc1NC(C)=O. The summed E-state index contributed by atoms with van der Waals surface area (Å²) in [6.07, 6.45) is -0.0529. The highest BCUT2D eigenvalue weighted by Crippen LogP contribution is 2.30. The first-order valence-electron chi connectivity index (χ1n) is 10.2. The van der Waals surface area contributed by atoms with Gasteiger partial charge in [-0.15, -0.1) is 0 Å². The molecule has 3 N–H and O–H groups in total. The lowest BCUT2D eigenvalue weighted by molar-refractivity contribution is -0.116. The molecule has 0 bridgehead atoms. The molecule has 2 rings (SSSR count).